The number of nitrogens with zero attached hydrogens (tertiary/aromatic N) is 4. The largest absolute Gasteiger partial charge is 0.387 e. The molecule has 8 heteroatoms. The van der Waals surface area contributed by atoms with Gasteiger partial charge >= 0.3 is 0 Å². The Kier molecular flexibility index (Phi) is 5.87. The van der Waals surface area contributed by atoms with Gasteiger partial charge < -0.3 is 10.0 Å². The van der Waals surface area contributed by atoms with Crippen molar-refractivity contribution in [3.8, 4) is 11.4 Å². The third kappa shape index (κ3) is 4.50. The molecule has 1 saturated heterocycles. The molecule has 146 valence electrons. The first kappa shape index (κ1) is 19.3. The summed E-state index contributed by atoms with van der Waals surface area (Å²) in [6, 6.07) is 13.7. The molecule has 0 amide bonds. The van der Waals surface area contributed by atoms with Gasteiger partial charge in [0.25, 0.3) is 0 Å². The van der Waals surface area contributed by atoms with E-state index in [0.717, 1.165) is 36.9 Å². The molecular formula is C20H20ClFN4OS. The topological polar surface area (TPSA) is 52.5 Å². The zero-order valence-corrected chi connectivity index (χ0v) is 16.7. The van der Waals surface area contributed by atoms with Crippen LogP contribution in [0.25, 0.3) is 11.4 Å². The summed E-state index contributed by atoms with van der Waals surface area (Å²) < 4.78 is 17.8. The monoisotopic (exact) mass is 418 g/mol. The highest BCUT2D eigenvalue weighted by molar-refractivity contribution is 7.09. The van der Waals surface area contributed by atoms with Crippen LogP contribution in [0.3, 0.4) is 0 Å². The molecule has 3 aromatic rings. The lowest BCUT2D eigenvalue weighted by Gasteiger charge is -2.35. The van der Waals surface area contributed by atoms with Crippen molar-refractivity contribution in [3.63, 3.8) is 0 Å². The van der Waals surface area contributed by atoms with Crippen molar-refractivity contribution in [3.05, 3.63) is 64.9 Å². The minimum Gasteiger partial charge on any atom is -0.387 e. The molecule has 0 aliphatic carbocycles. The summed E-state index contributed by atoms with van der Waals surface area (Å²) >= 11 is 7.33. The number of aromatic nitrogens is 2. The van der Waals surface area contributed by atoms with Gasteiger partial charge in [0.05, 0.1) is 6.10 Å². The Morgan fingerprint density at radius 1 is 1.11 bits per heavy atom. The molecule has 1 fully saturated rings. The van der Waals surface area contributed by atoms with Crippen molar-refractivity contribution in [2.75, 3.05) is 37.6 Å². The number of piperazine rings is 1. The normalized spacial score (nSPS) is 16.3. The highest BCUT2D eigenvalue weighted by Crippen LogP contribution is 2.26. The lowest BCUT2D eigenvalue weighted by Crippen LogP contribution is -2.47. The summed E-state index contributed by atoms with van der Waals surface area (Å²) in [5, 5.41) is 12.0. The molecule has 2 heterocycles. The number of β-amino-alcohol motifs (C(OH)–C–C–N with tert-alkyl or cyclic N) is 1. The quantitative estimate of drug-likeness (QED) is 0.682. The van der Waals surface area contributed by atoms with Crippen LogP contribution < -0.4 is 4.90 Å². The van der Waals surface area contributed by atoms with Crippen molar-refractivity contribution >= 4 is 28.3 Å². The standard InChI is InChI=1S/C20H20ClFN4OS/c21-16-6-4-14(5-7-16)19-23-20(28-24-19)26-10-8-25(9-11-26)13-18(27)15-2-1-3-17(22)12-15/h1-7,12,18,27H,8-11,13H2. The first-order valence-electron chi connectivity index (χ1n) is 9.09. The molecule has 4 rings (SSSR count). The van der Waals surface area contributed by atoms with Crippen molar-refractivity contribution in [1.82, 2.24) is 14.3 Å². The number of aliphatic hydroxyl groups is 1. The summed E-state index contributed by atoms with van der Waals surface area (Å²) in [5.74, 6) is 0.384. The van der Waals surface area contributed by atoms with Crippen LogP contribution in [0.5, 0.6) is 0 Å². The Morgan fingerprint density at radius 3 is 2.57 bits per heavy atom. The van der Waals surface area contributed by atoms with Gasteiger partial charge in [-0.1, -0.05) is 23.7 Å². The fourth-order valence-electron chi connectivity index (χ4n) is 3.25. The molecule has 1 unspecified atom stereocenters. The van der Waals surface area contributed by atoms with E-state index in [1.165, 1.54) is 23.7 Å². The minimum atomic E-state index is -0.694. The van der Waals surface area contributed by atoms with Gasteiger partial charge in [0.15, 0.2) is 5.82 Å². The zero-order chi connectivity index (χ0) is 19.5. The number of aliphatic hydroxyl groups excluding tert-OH is 1. The molecule has 1 atom stereocenters. The summed E-state index contributed by atoms with van der Waals surface area (Å²) in [4.78, 5) is 9.06. The fourth-order valence-corrected chi connectivity index (χ4v) is 4.11. The second-order valence-corrected chi connectivity index (χ2v) is 7.93. The molecule has 1 aliphatic heterocycles. The van der Waals surface area contributed by atoms with E-state index in [1.807, 2.05) is 24.3 Å². The molecule has 1 N–H and O–H groups in total. The summed E-state index contributed by atoms with van der Waals surface area (Å²) in [6.07, 6.45) is -0.694. The number of benzene rings is 2. The first-order chi connectivity index (χ1) is 13.6. The van der Waals surface area contributed by atoms with E-state index < -0.39 is 6.10 Å². The lowest BCUT2D eigenvalue weighted by molar-refractivity contribution is 0.109. The van der Waals surface area contributed by atoms with E-state index in [0.29, 0.717) is 23.0 Å². The highest BCUT2D eigenvalue weighted by Gasteiger charge is 2.22. The van der Waals surface area contributed by atoms with Crippen molar-refractivity contribution in [2.24, 2.45) is 0 Å². The average molecular weight is 419 g/mol. The maximum absolute atomic E-state index is 13.3. The summed E-state index contributed by atoms with van der Waals surface area (Å²) in [5.41, 5.74) is 1.56. The first-order valence-corrected chi connectivity index (χ1v) is 10.2. The van der Waals surface area contributed by atoms with E-state index in [9.17, 15) is 9.50 Å². The van der Waals surface area contributed by atoms with Gasteiger partial charge in [0.2, 0.25) is 5.13 Å². The smallest absolute Gasteiger partial charge is 0.205 e. The van der Waals surface area contributed by atoms with Crippen LogP contribution >= 0.6 is 23.1 Å². The summed E-state index contributed by atoms with van der Waals surface area (Å²) in [6.45, 7) is 3.73. The molecular weight excluding hydrogens is 399 g/mol. The third-order valence-corrected chi connectivity index (χ3v) is 5.85. The van der Waals surface area contributed by atoms with Gasteiger partial charge in [-0.2, -0.15) is 9.36 Å². The van der Waals surface area contributed by atoms with E-state index in [-0.39, 0.29) is 5.82 Å². The predicted molar refractivity (Wildman–Crippen MR) is 110 cm³/mol. The number of halogens is 2. The van der Waals surface area contributed by atoms with E-state index in [2.05, 4.69) is 19.2 Å². The van der Waals surface area contributed by atoms with Crippen LogP contribution in [0.1, 0.15) is 11.7 Å². The van der Waals surface area contributed by atoms with Gasteiger partial charge in [-0.3, -0.25) is 4.90 Å². The second-order valence-electron chi connectivity index (χ2n) is 6.77. The predicted octanol–water partition coefficient (Wildman–Crippen LogP) is 3.85. The third-order valence-electron chi connectivity index (χ3n) is 4.83. The van der Waals surface area contributed by atoms with Crippen LogP contribution in [0, 0.1) is 5.82 Å². The van der Waals surface area contributed by atoms with Crippen LogP contribution in [0.15, 0.2) is 48.5 Å². The van der Waals surface area contributed by atoms with E-state index in [4.69, 9.17) is 11.6 Å². The second kappa shape index (κ2) is 8.53. The van der Waals surface area contributed by atoms with E-state index in [1.54, 1.807) is 12.1 Å². The molecule has 0 bridgehead atoms. The highest BCUT2D eigenvalue weighted by atomic mass is 35.5. The Hall–Kier alpha value is -2.06. The fraction of sp³-hybridized carbons (Fsp3) is 0.300. The van der Waals surface area contributed by atoms with E-state index >= 15 is 0 Å². The molecule has 1 aliphatic rings. The molecule has 0 radical (unpaired) electrons. The van der Waals surface area contributed by atoms with Crippen LogP contribution in [-0.2, 0) is 0 Å². The van der Waals surface area contributed by atoms with Crippen LogP contribution in [0.2, 0.25) is 5.02 Å². The van der Waals surface area contributed by atoms with Crippen molar-refractivity contribution < 1.29 is 9.50 Å². The molecule has 1 aromatic heterocycles. The number of hydrogen-bond donors (Lipinski definition) is 1. The van der Waals surface area contributed by atoms with Gasteiger partial charge in [-0.25, -0.2) is 4.39 Å². The SMILES string of the molecule is OC(CN1CCN(c2nc(-c3ccc(Cl)cc3)ns2)CC1)c1cccc(F)c1. The van der Waals surface area contributed by atoms with Crippen molar-refractivity contribution in [1.29, 1.82) is 0 Å². The van der Waals surface area contributed by atoms with Crippen LogP contribution in [0.4, 0.5) is 9.52 Å². The number of rotatable bonds is 5. The Bertz CT molecular complexity index is 928. The molecule has 28 heavy (non-hydrogen) atoms. The van der Waals surface area contributed by atoms with Gasteiger partial charge in [0.1, 0.15) is 5.82 Å². The number of anilines is 1. The Labute approximate surface area is 172 Å². The van der Waals surface area contributed by atoms with Gasteiger partial charge in [0, 0.05) is 54.8 Å². The molecule has 0 spiro atoms. The average Bonchev–Trinajstić information content (AvgIpc) is 3.19. The summed E-state index contributed by atoms with van der Waals surface area (Å²) in [7, 11) is 0. The van der Waals surface area contributed by atoms with Gasteiger partial charge in [-0.05, 0) is 42.0 Å². The van der Waals surface area contributed by atoms with Crippen molar-refractivity contribution in [2.45, 2.75) is 6.10 Å². The Balaban J connectivity index is 1.33. The van der Waals surface area contributed by atoms with Gasteiger partial charge in [-0.15, -0.1) is 0 Å². The zero-order valence-electron chi connectivity index (χ0n) is 15.1. The number of hydrogen-bond acceptors (Lipinski definition) is 6. The van der Waals surface area contributed by atoms with Crippen LogP contribution in [-0.4, -0.2) is 52.1 Å². The molecule has 2 aromatic carbocycles. The lowest BCUT2D eigenvalue weighted by atomic mass is 10.1. The molecule has 0 saturated carbocycles. The minimum absolute atomic E-state index is 0.325. The maximum Gasteiger partial charge on any atom is 0.205 e. The molecule has 5 nitrogen and oxygen atoms in total. The Morgan fingerprint density at radius 2 is 1.86 bits per heavy atom. The maximum atomic E-state index is 13.3.